The van der Waals surface area contributed by atoms with Crippen LogP contribution in [0.2, 0.25) is 0 Å². The zero-order valence-corrected chi connectivity index (χ0v) is 15.2. The smallest absolute Gasteiger partial charge is 0.265 e. The number of methoxy groups -OCH3 is 1. The Morgan fingerprint density at radius 2 is 2.00 bits per heavy atom. The molecule has 1 aliphatic heterocycles. The van der Waals surface area contributed by atoms with Crippen LogP contribution in [-0.2, 0) is 23.0 Å². The quantitative estimate of drug-likeness (QED) is 0.749. The maximum absolute atomic E-state index is 12.8. The summed E-state index contributed by atoms with van der Waals surface area (Å²) in [5.74, 6) is 1.39. The number of aromatic nitrogens is 2. The monoisotopic (exact) mass is 369 g/mol. The second-order valence-electron chi connectivity index (χ2n) is 6.15. The molecule has 0 amide bonds. The predicted octanol–water partition coefficient (Wildman–Crippen LogP) is 3.31. The molecule has 0 radical (unpaired) electrons. The summed E-state index contributed by atoms with van der Waals surface area (Å²) in [7, 11) is -2.30. The van der Waals surface area contributed by atoms with Gasteiger partial charge in [-0.25, -0.2) is 13.4 Å². The van der Waals surface area contributed by atoms with E-state index in [9.17, 15) is 8.42 Å². The van der Waals surface area contributed by atoms with Crippen LogP contribution in [0.15, 0.2) is 59.6 Å². The van der Waals surface area contributed by atoms with E-state index < -0.39 is 10.0 Å². The van der Waals surface area contributed by atoms with Gasteiger partial charge in [0.25, 0.3) is 10.0 Å². The maximum atomic E-state index is 12.8. The Labute approximate surface area is 152 Å². The molecule has 0 saturated carbocycles. The summed E-state index contributed by atoms with van der Waals surface area (Å²) >= 11 is 0. The lowest BCUT2D eigenvalue weighted by atomic mass is 10.1. The summed E-state index contributed by atoms with van der Waals surface area (Å²) in [6.45, 7) is 0.946. The van der Waals surface area contributed by atoms with Gasteiger partial charge in [0.1, 0.15) is 16.5 Å². The molecule has 7 heteroatoms. The van der Waals surface area contributed by atoms with Crippen molar-refractivity contribution in [3.8, 4) is 17.0 Å². The number of para-hydroxylation sites is 1. The number of hydrogen-bond donors (Lipinski definition) is 1. The van der Waals surface area contributed by atoms with Crippen LogP contribution >= 0.6 is 0 Å². The van der Waals surface area contributed by atoms with Gasteiger partial charge in [0.2, 0.25) is 0 Å². The number of nitrogens with one attached hydrogen (secondary N) is 1. The first kappa shape index (κ1) is 16.7. The van der Waals surface area contributed by atoms with Crippen molar-refractivity contribution < 1.29 is 13.2 Å². The maximum Gasteiger partial charge on any atom is 0.265 e. The SMILES string of the molecule is COc1ccccc1S(=O)(=O)Nc1cccc(-c2cnc3n2CCC3)c1. The van der Waals surface area contributed by atoms with Crippen molar-refractivity contribution in [2.24, 2.45) is 0 Å². The molecule has 0 spiro atoms. The van der Waals surface area contributed by atoms with Crippen LogP contribution < -0.4 is 9.46 Å². The van der Waals surface area contributed by atoms with Gasteiger partial charge in [0.05, 0.1) is 19.0 Å². The molecule has 134 valence electrons. The number of rotatable bonds is 5. The van der Waals surface area contributed by atoms with E-state index in [1.54, 1.807) is 24.3 Å². The van der Waals surface area contributed by atoms with Crippen molar-refractivity contribution in [2.75, 3.05) is 11.8 Å². The van der Waals surface area contributed by atoms with Crippen molar-refractivity contribution in [3.63, 3.8) is 0 Å². The van der Waals surface area contributed by atoms with Gasteiger partial charge in [-0.15, -0.1) is 0 Å². The number of nitrogens with zero attached hydrogens (tertiary/aromatic N) is 2. The zero-order chi connectivity index (χ0) is 18.1. The number of imidazole rings is 1. The van der Waals surface area contributed by atoms with Gasteiger partial charge in [-0.3, -0.25) is 4.72 Å². The highest BCUT2D eigenvalue weighted by Crippen LogP contribution is 2.29. The highest BCUT2D eigenvalue weighted by atomic mass is 32.2. The molecule has 0 atom stereocenters. The minimum Gasteiger partial charge on any atom is -0.495 e. The van der Waals surface area contributed by atoms with E-state index in [1.807, 2.05) is 24.4 Å². The second-order valence-corrected chi connectivity index (χ2v) is 7.80. The molecule has 1 aromatic heterocycles. The number of anilines is 1. The third kappa shape index (κ3) is 2.94. The van der Waals surface area contributed by atoms with Gasteiger partial charge in [0.15, 0.2) is 0 Å². The molecule has 2 heterocycles. The normalized spacial score (nSPS) is 13.4. The molecule has 1 N–H and O–H groups in total. The van der Waals surface area contributed by atoms with Crippen LogP contribution in [0, 0.1) is 0 Å². The van der Waals surface area contributed by atoms with Crippen molar-refractivity contribution in [1.29, 1.82) is 0 Å². The van der Waals surface area contributed by atoms with Crippen LogP contribution in [0.25, 0.3) is 11.3 Å². The van der Waals surface area contributed by atoms with Crippen LogP contribution in [-0.4, -0.2) is 25.1 Å². The van der Waals surface area contributed by atoms with E-state index in [0.29, 0.717) is 11.4 Å². The number of hydrogen-bond acceptors (Lipinski definition) is 4. The van der Waals surface area contributed by atoms with Crippen molar-refractivity contribution in [3.05, 3.63) is 60.6 Å². The van der Waals surface area contributed by atoms with Crippen LogP contribution in [0.3, 0.4) is 0 Å². The zero-order valence-electron chi connectivity index (χ0n) is 14.3. The second kappa shape index (κ2) is 6.49. The number of aryl methyl sites for hydroxylation is 1. The Morgan fingerprint density at radius 3 is 2.85 bits per heavy atom. The molecule has 26 heavy (non-hydrogen) atoms. The first-order valence-corrected chi connectivity index (χ1v) is 9.87. The molecule has 1 aliphatic rings. The lowest BCUT2D eigenvalue weighted by Crippen LogP contribution is -2.14. The van der Waals surface area contributed by atoms with E-state index in [2.05, 4.69) is 14.3 Å². The molecular formula is C19H19N3O3S. The number of sulfonamides is 1. The topological polar surface area (TPSA) is 73.2 Å². The fourth-order valence-electron chi connectivity index (χ4n) is 3.28. The number of fused-ring (bicyclic) bond motifs is 1. The average Bonchev–Trinajstić information content (AvgIpc) is 3.25. The third-order valence-electron chi connectivity index (χ3n) is 4.49. The Bertz CT molecular complexity index is 1060. The Hall–Kier alpha value is -2.80. The Balaban J connectivity index is 1.67. The Morgan fingerprint density at radius 1 is 1.15 bits per heavy atom. The summed E-state index contributed by atoms with van der Waals surface area (Å²) in [6, 6.07) is 13.9. The van der Waals surface area contributed by atoms with E-state index >= 15 is 0 Å². The van der Waals surface area contributed by atoms with Crippen LogP contribution in [0.5, 0.6) is 5.75 Å². The highest BCUT2D eigenvalue weighted by Gasteiger charge is 2.20. The summed E-state index contributed by atoms with van der Waals surface area (Å²) < 4.78 is 35.5. The molecular weight excluding hydrogens is 350 g/mol. The molecule has 3 aromatic rings. The summed E-state index contributed by atoms with van der Waals surface area (Å²) in [5.41, 5.74) is 2.45. The van der Waals surface area contributed by atoms with Crippen molar-refractivity contribution in [1.82, 2.24) is 9.55 Å². The highest BCUT2D eigenvalue weighted by molar-refractivity contribution is 7.92. The van der Waals surface area contributed by atoms with Crippen molar-refractivity contribution >= 4 is 15.7 Å². The minimum atomic E-state index is -3.75. The predicted molar refractivity (Wildman–Crippen MR) is 99.8 cm³/mol. The van der Waals surface area contributed by atoms with E-state index in [1.165, 1.54) is 13.2 Å². The van der Waals surface area contributed by atoms with Gasteiger partial charge in [-0.2, -0.15) is 0 Å². The Kier molecular flexibility index (Phi) is 4.16. The summed E-state index contributed by atoms with van der Waals surface area (Å²) in [4.78, 5) is 4.56. The van der Waals surface area contributed by atoms with Gasteiger partial charge in [-0.05, 0) is 30.7 Å². The molecule has 0 fully saturated rings. The first-order chi connectivity index (χ1) is 12.6. The first-order valence-electron chi connectivity index (χ1n) is 8.39. The number of ether oxygens (including phenoxy) is 1. The lowest BCUT2D eigenvalue weighted by molar-refractivity contribution is 0.403. The third-order valence-corrected chi connectivity index (χ3v) is 5.91. The van der Waals surface area contributed by atoms with Gasteiger partial charge < -0.3 is 9.30 Å². The number of benzene rings is 2. The largest absolute Gasteiger partial charge is 0.495 e. The van der Waals surface area contributed by atoms with E-state index in [4.69, 9.17) is 4.74 Å². The molecule has 0 aliphatic carbocycles. The summed E-state index contributed by atoms with van der Waals surface area (Å²) in [5, 5.41) is 0. The van der Waals surface area contributed by atoms with Crippen LogP contribution in [0.4, 0.5) is 5.69 Å². The van der Waals surface area contributed by atoms with Crippen molar-refractivity contribution in [2.45, 2.75) is 24.3 Å². The molecule has 4 rings (SSSR count). The van der Waals surface area contributed by atoms with Gasteiger partial charge in [-0.1, -0.05) is 24.3 Å². The average molecular weight is 369 g/mol. The molecule has 0 unspecified atom stereocenters. The molecule has 0 saturated heterocycles. The fourth-order valence-corrected chi connectivity index (χ4v) is 4.50. The van der Waals surface area contributed by atoms with E-state index in [-0.39, 0.29) is 4.90 Å². The molecule has 6 nitrogen and oxygen atoms in total. The van der Waals surface area contributed by atoms with Gasteiger partial charge in [0, 0.05) is 24.2 Å². The van der Waals surface area contributed by atoms with Crippen LogP contribution in [0.1, 0.15) is 12.2 Å². The molecule has 0 bridgehead atoms. The standard InChI is InChI=1S/C19H19N3O3S/c1-25-17-8-2-3-9-18(17)26(23,24)21-15-7-4-6-14(12-15)16-13-20-19-10-5-11-22(16)19/h2-4,6-9,12-13,21H,5,10-11H2,1H3. The van der Waals surface area contributed by atoms with E-state index in [0.717, 1.165) is 36.5 Å². The summed E-state index contributed by atoms with van der Waals surface area (Å²) in [6.07, 6.45) is 3.93. The minimum absolute atomic E-state index is 0.109. The fraction of sp³-hybridized carbons (Fsp3) is 0.211. The molecule has 2 aromatic carbocycles. The lowest BCUT2D eigenvalue weighted by Gasteiger charge is -2.12. The van der Waals surface area contributed by atoms with Gasteiger partial charge >= 0.3 is 0 Å².